The summed E-state index contributed by atoms with van der Waals surface area (Å²) in [5, 5.41) is 0. The van der Waals surface area contributed by atoms with Crippen molar-refractivity contribution in [1.82, 2.24) is 0 Å². The van der Waals surface area contributed by atoms with Crippen LogP contribution in [0, 0.1) is 5.92 Å². The molecule has 1 aliphatic rings. The maximum Gasteiger partial charge on any atom is 0.158 e. The molecule has 0 bridgehead atoms. The first-order chi connectivity index (χ1) is 3.38. The molecule has 2 heteroatoms. The summed E-state index contributed by atoms with van der Waals surface area (Å²) < 4.78 is 10.0. The molecule has 1 aliphatic carbocycles. The fourth-order valence-corrected chi connectivity index (χ4v) is 1.54. The maximum atomic E-state index is 10.0. The quantitative estimate of drug-likeness (QED) is 0.505. The first-order valence-corrected chi connectivity index (χ1v) is 3.59. The van der Waals surface area contributed by atoms with Crippen molar-refractivity contribution in [2.24, 2.45) is 5.92 Å². The summed E-state index contributed by atoms with van der Waals surface area (Å²) in [6.07, 6.45) is 2.40. The van der Waals surface area contributed by atoms with Crippen LogP contribution in [0.15, 0.2) is 0 Å². The van der Waals surface area contributed by atoms with Gasteiger partial charge >= 0.3 is 0 Å². The minimum absolute atomic E-state index is 0.368. The third-order valence-electron chi connectivity index (χ3n) is 1.55. The molecule has 40 valence electrons. The molecule has 1 saturated carbocycles. The molecule has 0 heterocycles. The molecule has 7 heavy (non-hydrogen) atoms. The lowest BCUT2D eigenvalue weighted by Gasteiger charge is -1.77. The van der Waals surface area contributed by atoms with E-state index >= 15 is 0 Å². The zero-order valence-electron chi connectivity index (χ0n) is 4.42. The lowest BCUT2D eigenvalue weighted by molar-refractivity contribution is 0.596. The molecule has 2 atom stereocenters. The van der Waals surface area contributed by atoms with E-state index in [1.165, 1.54) is 12.8 Å². The Morgan fingerprint density at radius 3 is 2.71 bits per heavy atom. The van der Waals surface area contributed by atoms with Gasteiger partial charge in [0.05, 0.1) is 0 Å². The van der Waals surface area contributed by atoms with E-state index in [1.807, 2.05) is 0 Å². The van der Waals surface area contributed by atoms with Gasteiger partial charge in [-0.1, -0.05) is 13.3 Å². The van der Waals surface area contributed by atoms with Gasteiger partial charge in [-0.3, -0.25) is 4.57 Å². The molecule has 0 N–H and O–H groups in total. The van der Waals surface area contributed by atoms with Gasteiger partial charge in [-0.25, -0.2) is 0 Å². The SMILES string of the molecule is CCC1CC1P=O. The number of hydrogen-bond donors (Lipinski definition) is 0. The molecule has 0 spiro atoms. The van der Waals surface area contributed by atoms with Crippen molar-refractivity contribution < 1.29 is 4.57 Å². The van der Waals surface area contributed by atoms with Gasteiger partial charge in [-0.05, 0) is 12.3 Å². The highest BCUT2D eigenvalue weighted by Gasteiger charge is 2.35. The molecule has 0 aliphatic heterocycles. The first-order valence-electron chi connectivity index (χ1n) is 2.71. The van der Waals surface area contributed by atoms with Crippen LogP contribution in [-0.2, 0) is 4.57 Å². The molecular weight excluding hydrogens is 107 g/mol. The fraction of sp³-hybridized carbons (Fsp3) is 1.00. The zero-order valence-corrected chi connectivity index (χ0v) is 5.32. The van der Waals surface area contributed by atoms with Crippen LogP contribution in [0.2, 0.25) is 0 Å². The van der Waals surface area contributed by atoms with Gasteiger partial charge in [-0.2, -0.15) is 0 Å². The lowest BCUT2D eigenvalue weighted by Crippen LogP contribution is -1.71. The Balaban J connectivity index is 2.17. The monoisotopic (exact) mass is 116 g/mol. The Bertz CT molecular complexity index is 82.1. The second-order valence-electron chi connectivity index (χ2n) is 2.08. The minimum Gasteiger partial charge on any atom is -0.275 e. The highest BCUT2D eigenvalue weighted by atomic mass is 31.1. The van der Waals surface area contributed by atoms with Gasteiger partial charge in [0.25, 0.3) is 0 Å². The summed E-state index contributed by atoms with van der Waals surface area (Å²) in [6.45, 7) is 2.15. The van der Waals surface area contributed by atoms with Crippen LogP contribution in [0.25, 0.3) is 0 Å². The smallest absolute Gasteiger partial charge is 0.158 e. The van der Waals surface area contributed by atoms with E-state index in [9.17, 15) is 4.57 Å². The molecule has 0 aromatic carbocycles. The molecule has 2 unspecified atom stereocenters. The average Bonchev–Trinajstić information content (AvgIpc) is 2.43. The standard InChI is InChI=1S/C5H9OP/c1-2-4-3-5(4)7-6/h4-5H,2-3H2,1H3. The van der Waals surface area contributed by atoms with Gasteiger partial charge < -0.3 is 0 Å². The number of hydrogen-bond acceptors (Lipinski definition) is 1. The predicted octanol–water partition coefficient (Wildman–Crippen LogP) is 2.08. The van der Waals surface area contributed by atoms with E-state index in [0.717, 1.165) is 5.92 Å². The van der Waals surface area contributed by atoms with Crippen molar-refractivity contribution in [3.63, 3.8) is 0 Å². The highest BCUT2D eigenvalue weighted by molar-refractivity contribution is 7.25. The second kappa shape index (κ2) is 1.92. The Labute approximate surface area is 45.3 Å². The van der Waals surface area contributed by atoms with Crippen molar-refractivity contribution in [2.45, 2.75) is 25.4 Å². The summed E-state index contributed by atoms with van der Waals surface area (Å²) in [6, 6.07) is 0. The lowest BCUT2D eigenvalue weighted by atomic mass is 10.3. The third kappa shape index (κ3) is 1.01. The van der Waals surface area contributed by atoms with E-state index < -0.39 is 0 Å². The molecule has 1 nitrogen and oxygen atoms in total. The van der Waals surface area contributed by atoms with Crippen LogP contribution in [0.1, 0.15) is 19.8 Å². The van der Waals surface area contributed by atoms with Gasteiger partial charge in [-0.15, -0.1) is 0 Å². The van der Waals surface area contributed by atoms with E-state index in [0.29, 0.717) is 14.1 Å². The number of rotatable bonds is 2. The zero-order chi connectivity index (χ0) is 5.28. The van der Waals surface area contributed by atoms with Gasteiger partial charge in [0.15, 0.2) is 8.46 Å². The van der Waals surface area contributed by atoms with Crippen LogP contribution >= 0.6 is 8.46 Å². The van der Waals surface area contributed by atoms with Crippen molar-refractivity contribution in [3.8, 4) is 0 Å². The maximum absolute atomic E-state index is 10.0. The Morgan fingerprint density at radius 2 is 2.57 bits per heavy atom. The molecule has 0 amide bonds. The Morgan fingerprint density at radius 1 is 1.86 bits per heavy atom. The topological polar surface area (TPSA) is 17.1 Å². The van der Waals surface area contributed by atoms with Gasteiger partial charge in [0, 0.05) is 5.66 Å². The van der Waals surface area contributed by atoms with Gasteiger partial charge in [0.1, 0.15) is 0 Å². The second-order valence-corrected chi connectivity index (χ2v) is 2.95. The Hall–Kier alpha value is 0.100. The van der Waals surface area contributed by atoms with Crippen molar-refractivity contribution in [2.75, 3.05) is 0 Å². The molecule has 0 saturated heterocycles. The fourth-order valence-electron chi connectivity index (χ4n) is 0.799. The minimum atomic E-state index is 0.368. The first kappa shape index (κ1) is 5.24. The van der Waals surface area contributed by atoms with Crippen molar-refractivity contribution in [3.05, 3.63) is 0 Å². The van der Waals surface area contributed by atoms with E-state index in [4.69, 9.17) is 0 Å². The molecule has 0 aromatic heterocycles. The van der Waals surface area contributed by atoms with Crippen molar-refractivity contribution in [1.29, 1.82) is 0 Å². The van der Waals surface area contributed by atoms with Crippen LogP contribution < -0.4 is 0 Å². The summed E-state index contributed by atoms with van der Waals surface area (Å²) in [5.74, 6) is 0.791. The third-order valence-corrected chi connectivity index (χ3v) is 2.45. The van der Waals surface area contributed by atoms with Crippen LogP contribution in [0.3, 0.4) is 0 Å². The van der Waals surface area contributed by atoms with Crippen LogP contribution in [-0.4, -0.2) is 5.66 Å². The summed E-state index contributed by atoms with van der Waals surface area (Å²) >= 11 is 0. The molecule has 0 aromatic rings. The summed E-state index contributed by atoms with van der Waals surface area (Å²) in [5.41, 5.74) is 0.532. The molecule has 0 radical (unpaired) electrons. The predicted molar refractivity (Wildman–Crippen MR) is 29.8 cm³/mol. The molecule has 1 fully saturated rings. The largest absolute Gasteiger partial charge is 0.275 e. The molecule has 1 rings (SSSR count). The Kier molecular flexibility index (Phi) is 1.43. The van der Waals surface area contributed by atoms with Crippen molar-refractivity contribution >= 4 is 8.46 Å². The van der Waals surface area contributed by atoms with Crippen LogP contribution in [0.5, 0.6) is 0 Å². The van der Waals surface area contributed by atoms with E-state index in [-0.39, 0.29) is 0 Å². The highest BCUT2D eigenvalue weighted by Crippen LogP contribution is 2.42. The summed E-state index contributed by atoms with van der Waals surface area (Å²) in [7, 11) is 0.368. The van der Waals surface area contributed by atoms with E-state index in [2.05, 4.69) is 6.92 Å². The summed E-state index contributed by atoms with van der Waals surface area (Å²) in [4.78, 5) is 0. The normalized spacial score (nSPS) is 39.0. The van der Waals surface area contributed by atoms with Gasteiger partial charge in [0.2, 0.25) is 0 Å². The van der Waals surface area contributed by atoms with Crippen LogP contribution in [0.4, 0.5) is 0 Å². The van der Waals surface area contributed by atoms with E-state index in [1.54, 1.807) is 0 Å². The molecular formula is C5H9OP. The average molecular weight is 116 g/mol.